The van der Waals surface area contributed by atoms with Gasteiger partial charge in [-0.3, -0.25) is 14.9 Å². The quantitative estimate of drug-likeness (QED) is 0.406. The van der Waals surface area contributed by atoms with Crippen LogP contribution in [0, 0.1) is 23.0 Å². The summed E-state index contributed by atoms with van der Waals surface area (Å²) in [5.41, 5.74) is 4.32. The molecule has 8 heteroatoms. The molecule has 2 aliphatic rings. The topological polar surface area (TPSA) is 87.9 Å². The van der Waals surface area contributed by atoms with Crippen molar-refractivity contribution in [2.24, 2.45) is 5.92 Å². The highest BCUT2D eigenvalue weighted by Crippen LogP contribution is 2.38. The lowest BCUT2D eigenvalue weighted by Crippen LogP contribution is -2.61. The first kappa shape index (κ1) is 22.1. The van der Waals surface area contributed by atoms with Crippen molar-refractivity contribution in [3.05, 3.63) is 63.7 Å². The Morgan fingerprint density at radius 3 is 2.72 bits per heavy atom. The number of ether oxygens (including phenoxy) is 1. The van der Waals surface area contributed by atoms with Crippen molar-refractivity contribution in [1.82, 2.24) is 5.32 Å². The Labute approximate surface area is 188 Å². The van der Waals surface area contributed by atoms with Crippen molar-refractivity contribution in [1.29, 1.82) is 0 Å². The van der Waals surface area contributed by atoms with Gasteiger partial charge in [-0.05, 0) is 43.5 Å². The van der Waals surface area contributed by atoms with Gasteiger partial charge < -0.3 is 19.9 Å². The molecule has 0 unspecified atom stereocenters. The number of fused-ring (bicyclic) bond motifs is 3. The van der Waals surface area contributed by atoms with Gasteiger partial charge in [0.05, 0.1) is 16.9 Å². The van der Waals surface area contributed by atoms with E-state index >= 15 is 0 Å². The van der Waals surface area contributed by atoms with E-state index in [9.17, 15) is 14.9 Å². The van der Waals surface area contributed by atoms with E-state index < -0.39 is 0 Å². The number of hydrogen-bond acceptors (Lipinski definition) is 6. The monoisotopic (exact) mass is 438 g/mol. The molecular formula is C24H30N4O4. The van der Waals surface area contributed by atoms with Gasteiger partial charge in [-0.25, -0.2) is 0 Å². The van der Waals surface area contributed by atoms with E-state index in [1.165, 1.54) is 5.56 Å². The maximum absolute atomic E-state index is 13.2. The van der Waals surface area contributed by atoms with Crippen LogP contribution in [0.1, 0.15) is 17.5 Å². The molecule has 0 spiro atoms. The number of methoxy groups -OCH3 is 1. The molecule has 170 valence electrons. The summed E-state index contributed by atoms with van der Waals surface area (Å²) in [5.74, 6) is -0.278. The third kappa shape index (κ3) is 4.55. The fraction of sp³-hybridized carbons (Fsp3) is 0.458. The summed E-state index contributed by atoms with van der Waals surface area (Å²) in [7, 11) is 1.65. The molecule has 2 aromatic carbocycles. The second-order valence-corrected chi connectivity index (χ2v) is 8.56. The predicted molar refractivity (Wildman–Crippen MR) is 124 cm³/mol. The van der Waals surface area contributed by atoms with Crippen molar-refractivity contribution in [2.75, 3.05) is 49.7 Å². The molecule has 0 radical (unpaired) electrons. The highest BCUT2D eigenvalue weighted by Gasteiger charge is 2.42. The van der Waals surface area contributed by atoms with Crippen molar-refractivity contribution in [3.63, 3.8) is 0 Å². The van der Waals surface area contributed by atoms with Crippen molar-refractivity contribution < 1.29 is 14.5 Å². The average molecular weight is 439 g/mol. The fourth-order valence-electron chi connectivity index (χ4n) is 4.77. The highest BCUT2D eigenvalue weighted by atomic mass is 16.6. The number of non-ortho nitro benzene ring substituents is 1. The second kappa shape index (κ2) is 9.56. The SMILES string of the molecule is COCCCNC(=O)[C@@H]1Cc2cc([N+](=O)[O-])ccc2N2CCN(c3ccc(C)cc3)C[C@H]12. The van der Waals surface area contributed by atoms with E-state index in [0.29, 0.717) is 19.6 Å². The second-order valence-electron chi connectivity index (χ2n) is 8.56. The lowest BCUT2D eigenvalue weighted by molar-refractivity contribution is -0.384. The summed E-state index contributed by atoms with van der Waals surface area (Å²) in [6.45, 7) is 5.55. The molecule has 0 aliphatic carbocycles. The lowest BCUT2D eigenvalue weighted by atomic mass is 9.83. The van der Waals surface area contributed by atoms with Gasteiger partial charge in [0, 0.05) is 63.4 Å². The maximum atomic E-state index is 13.2. The number of benzene rings is 2. The molecule has 2 aromatic rings. The van der Waals surface area contributed by atoms with Crippen LogP contribution in [-0.4, -0.2) is 56.8 Å². The molecule has 0 aromatic heterocycles. The standard InChI is InChI=1S/C24H30N4O4/c1-17-4-6-19(7-5-17)26-11-12-27-22-9-8-20(28(30)31)14-18(22)15-21(23(27)16-26)24(29)25-10-3-13-32-2/h4-9,14,21,23H,3,10-13,15-16H2,1-2H3,(H,25,29)/t21-,23-/m1/s1. The third-order valence-corrected chi connectivity index (χ3v) is 6.47. The molecule has 1 saturated heterocycles. The van der Waals surface area contributed by atoms with Gasteiger partial charge in [-0.15, -0.1) is 0 Å². The van der Waals surface area contributed by atoms with Gasteiger partial charge in [0.2, 0.25) is 5.91 Å². The van der Waals surface area contributed by atoms with E-state index in [4.69, 9.17) is 4.74 Å². The smallest absolute Gasteiger partial charge is 0.269 e. The molecule has 2 aliphatic heterocycles. The first-order valence-corrected chi connectivity index (χ1v) is 11.1. The van der Waals surface area contributed by atoms with Gasteiger partial charge >= 0.3 is 0 Å². The molecule has 0 saturated carbocycles. The van der Waals surface area contributed by atoms with Crippen LogP contribution in [0.5, 0.6) is 0 Å². The number of amides is 1. The van der Waals surface area contributed by atoms with Gasteiger partial charge in [0.15, 0.2) is 0 Å². The first-order chi connectivity index (χ1) is 15.5. The molecule has 1 fully saturated rings. The Balaban J connectivity index is 1.60. The summed E-state index contributed by atoms with van der Waals surface area (Å²) in [6.07, 6.45) is 1.25. The van der Waals surface area contributed by atoms with Crippen LogP contribution in [0.15, 0.2) is 42.5 Å². The van der Waals surface area contributed by atoms with E-state index in [1.807, 2.05) is 6.07 Å². The zero-order valence-corrected chi connectivity index (χ0v) is 18.6. The van der Waals surface area contributed by atoms with Crippen LogP contribution in [0.4, 0.5) is 17.1 Å². The molecule has 2 atom stereocenters. The predicted octanol–water partition coefficient (Wildman–Crippen LogP) is 2.92. The normalized spacial score (nSPS) is 19.8. The van der Waals surface area contributed by atoms with Crippen molar-refractivity contribution in [2.45, 2.75) is 25.8 Å². The largest absolute Gasteiger partial charge is 0.385 e. The number of carbonyl (C=O) groups is 1. The van der Waals surface area contributed by atoms with E-state index in [-0.39, 0.29) is 28.5 Å². The van der Waals surface area contributed by atoms with Gasteiger partial charge in [-0.1, -0.05) is 17.7 Å². The van der Waals surface area contributed by atoms with Crippen LogP contribution in [0.2, 0.25) is 0 Å². The van der Waals surface area contributed by atoms with E-state index in [2.05, 4.69) is 46.3 Å². The molecule has 2 heterocycles. The molecular weight excluding hydrogens is 408 g/mol. The zero-order chi connectivity index (χ0) is 22.7. The van der Waals surface area contributed by atoms with Gasteiger partial charge in [-0.2, -0.15) is 0 Å². The Bertz CT molecular complexity index is 978. The maximum Gasteiger partial charge on any atom is 0.269 e. The molecule has 4 rings (SSSR count). The minimum Gasteiger partial charge on any atom is -0.385 e. The van der Waals surface area contributed by atoms with Crippen LogP contribution in [0.3, 0.4) is 0 Å². The Kier molecular flexibility index (Phi) is 6.60. The van der Waals surface area contributed by atoms with Crippen molar-refractivity contribution >= 4 is 23.0 Å². The number of nitrogens with one attached hydrogen (secondary N) is 1. The summed E-state index contributed by atoms with van der Waals surface area (Å²) in [5, 5.41) is 14.4. The summed E-state index contributed by atoms with van der Waals surface area (Å²) >= 11 is 0. The number of nitro groups is 1. The molecule has 0 bridgehead atoms. The highest BCUT2D eigenvalue weighted by molar-refractivity contribution is 5.82. The minimum absolute atomic E-state index is 0.000912. The van der Waals surface area contributed by atoms with E-state index in [0.717, 1.165) is 43.0 Å². The lowest BCUT2D eigenvalue weighted by Gasteiger charge is -2.49. The van der Waals surface area contributed by atoms with Crippen LogP contribution < -0.4 is 15.1 Å². The Hall–Kier alpha value is -3.13. The zero-order valence-electron chi connectivity index (χ0n) is 18.6. The average Bonchev–Trinajstić information content (AvgIpc) is 2.80. The number of rotatable bonds is 7. The molecule has 1 N–H and O–H groups in total. The van der Waals surface area contributed by atoms with Gasteiger partial charge in [0.1, 0.15) is 0 Å². The summed E-state index contributed by atoms with van der Waals surface area (Å²) in [4.78, 5) is 28.7. The summed E-state index contributed by atoms with van der Waals surface area (Å²) < 4.78 is 5.08. The third-order valence-electron chi connectivity index (χ3n) is 6.47. The fourth-order valence-corrected chi connectivity index (χ4v) is 4.77. The molecule has 32 heavy (non-hydrogen) atoms. The van der Waals surface area contributed by atoms with Crippen LogP contribution in [0.25, 0.3) is 0 Å². The number of piperazine rings is 1. The van der Waals surface area contributed by atoms with Crippen molar-refractivity contribution in [3.8, 4) is 0 Å². The Morgan fingerprint density at radius 1 is 1.22 bits per heavy atom. The Morgan fingerprint density at radius 2 is 2.00 bits per heavy atom. The van der Waals surface area contributed by atoms with E-state index in [1.54, 1.807) is 19.2 Å². The molecule has 8 nitrogen and oxygen atoms in total. The molecule has 1 amide bonds. The van der Waals surface area contributed by atoms with Crippen LogP contribution in [-0.2, 0) is 16.0 Å². The number of carbonyl (C=O) groups excluding carboxylic acids is 1. The van der Waals surface area contributed by atoms with Crippen LogP contribution >= 0.6 is 0 Å². The van der Waals surface area contributed by atoms with Gasteiger partial charge in [0.25, 0.3) is 5.69 Å². The number of hydrogen-bond donors (Lipinski definition) is 1. The number of nitro benzene ring substituents is 1. The number of aryl methyl sites for hydroxylation is 1. The number of anilines is 2. The summed E-state index contributed by atoms with van der Waals surface area (Å²) in [6, 6.07) is 13.5. The minimum atomic E-state index is -0.373. The number of nitrogens with zero attached hydrogens (tertiary/aromatic N) is 3. The first-order valence-electron chi connectivity index (χ1n) is 11.1.